The van der Waals surface area contributed by atoms with Gasteiger partial charge in [-0.2, -0.15) is 0 Å². The first-order valence-corrected chi connectivity index (χ1v) is 6.49. The Hall–Kier alpha value is -0.0800. The van der Waals surface area contributed by atoms with E-state index in [1.165, 1.54) is 32.1 Å². The van der Waals surface area contributed by atoms with Gasteiger partial charge in [0.1, 0.15) is 0 Å². The fraction of sp³-hybridized carbons (Fsp3) is 1.00. The predicted molar refractivity (Wildman–Crippen MR) is 65.1 cm³/mol. The third-order valence-corrected chi connectivity index (χ3v) is 3.62. The van der Waals surface area contributed by atoms with Gasteiger partial charge in [0.15, 0.2) is 0 Å². The van der Waals surface area contributed by atoms with Gasteiger partial charge in [-0.3, -0.25) is 0 Å². The molecule has 2 nitrogen and oxygen atoms in total. The molecule has 1 aliphatic carbocycles. The van der Waals surface area contributed by atoms with Crippen LogP contribution in [0.15, 0.2) is 0 Å². The quantitative estimate of drug-likeness (QED) is 0.709. The van der Waals surface area contributed by atoms with Gasteiger partial charge in [-0.15, -0.1) is 0 Å². The fourth-order valence-corrected chi connectivity index (χ4v) is 2.48. The number of hydrogen-bond acceptors (Lipinski definition) is 2. The van der Waals surface area contributed by atoms with Gasteiger partial charge in [-0.05, 0) is 32.1 Å². The van der Waals surface area contributed by atoms with Crippen LogP contribution in [0.25, 0.3) is 0 Å². The summed E-state index contributed by atoms with van der Waals surface area (Å²) in [6.45, 7) is 5.54. The highest BCUT2D eigenvalue weighted by Crippen LogP contribution is 2.23. The third-order valence-electron chi connectivity index (χ3n) is 3.62. The zero-order chi connectivity index (χ0) is 11.1. The summed E-state index contributed by atoms with van der Waals surface area (Å²) in [6.07, 6.45) is 8.13. The summed E-state index contributed by atoms with van der Waals surface area (Å²) in [4.78, 5) is 0. The molecule has 2 heteroatoms. The van der Waals surface area contributed by atoms with Crippen LogP contribution in [-0.2, 0) is 4.74 Å². The second kappa shape index (κ2) is 7.24. The summed E-state index contributed by atoms with van der Waals surface area (Å²) < 4.78 is 5.11. The Labute approximate surface area is 94.8 Å². The Kier molecular flexibility index (Phi) is 6.26. The van der Waals surface area contributed by atoms with E-state index in [2.05, 4.69) is 19.2 Å². The minimum Gasteiger partial charge on any atom is -0.385 e. The Bertz CT molecular complexity index is 161. The molecule has 1 rings (SSSR count). The molecular weight excluding hydrogens is 186 g/mol. The minimum atomic E-state index is 0.593. The molecule has 1 saturated carbocycles. The molecule has 1 fully saturated rings. The molecule has 0 saturated heterocycles. The van der Waals surface area contributed by atoms with Crippen molar-refractivity contribution in [2.24, 2.45) is 5.92 Å². The van der Waals surface area contributed by atoms with E-state index in [1.54, 1.807) is 7.11 Å². The van der Waals surface area contributed by atoms with Crippen LogP contribution in [0, 0.1) is 5.92 Å². The molecule has 0 radical (unpaired) electrons. The molecule has 0 aromatic rings. The monoisotopic (exact) mass is 213 g/mol. The van der Waals surface area contributed by atoms with Gasteiger partial charge in [0.2, 0.25) is 0 Å². The van der Waals surface area contributed by atoms with Crippen LogP contribution in [0.3, 0.4) is 0 Å². The van der Waals surface area contributed by atoms with Gasteiger partial charge in [-0.25, -0.2) is 0 Å². The second-order valence-corrected chi connectivity index (χ2v) is 5.07. The lowest BCUT2D eigenvalue weighted by atomic mass is 9.96. The largest absolute Gasteiger partial charge is 0.385 e. The van der Waals surface area contributed by atoms with E-state index >= 15 is 0 Å². The average Bonchev–Trinajstić information content (AvgIpc) is 2.42. The summed E-state index contributed by atoms with van der Waals surface area (Å²) in [7, 11) is 1.78. The van der Waals surface area contributed by atoms with Crippen molar-refractivity contribution in [1.29, 1.82) is 0 Å². The van der Waals surface area contributed by atoms with E-state index in [0.717, 1.165) is 25.0 Å². The van der Waals surface area contributed by atoms with Crippen molar-refractivity contribution in [3.05, 3.63) is 0 Å². The summed E-state index contributed by atoms with van der Waals surface area (Å²) in [5.74, 6) is 0.845. The summed E-state index contributed by atoms with van der Waals surface area (Å²) in [5.41, 5.74) is 0. The molecular formula is C13H27NO. The molecule has 3 atom stereocenters. The van der Waals surface area contributed by atoms with Crippen molar-refractivity contribution in [2.75, 3.05) is 13.7 Å². The van der Waals surface area contributed by atoms with E-state index in [9.17, 15) is 0 Å². The summed E-state index contributed by atoms with van der Waals surface area (Å²) >= 11 is 0. The third kappa shape index (κ3) is 4.98. The molecule has 0 spiro atoms. The molecule has 0 aromatic heterocycles. The maximum atomic E-state index is 5.11. The van der Waals surface area contributed by atoms with Crippen LogP contribution in [0.2, 0.25) is 0 Å². The van der Waals surface area contributed by atoms with Crippen LogP contribution >= 0.6 is 0 Å². The van der Waals surface area contributed by atoms with Crippen molar-refractivity contribution < 1.29 is 4.74 Å². The number of rotatable bonds is 5. The molecule has 3 unspecified atom stereocenters. The van der Waals surface area contributed by atoms with Crippen LogP contribution in [0.1, 0.15) is 52.4 Å². The standard InChI is InChI=1S/C13H27NO/c1-11-7-5-4-6-8-13(11)14-12(2)9-10-15-3/h11-14H,4-10H2,1-3H3. The number of ether oxygens (including phenoxy) is 1. The van der Waals surface area contributed by atoms with Gasteiger partial charge in [0.25, 0.3) is 0 Å². The zero-order valence-electron chi connectivity index (χ0n) is 10.6. The molecule has 0 aliphatic heterocycles. The van der Waals surface area contributed by atoms with Crippen molar-refractivity contribution in [3.8, 4) is 0 Å². The SMILES string of the molecule is COCCC(C)NC1CCCCCC1C. The lowest BCUT2D eigenvalue weighted by Crippen LogP contribution is -2.40. The van der Waals surface area contributed by atoms with Gasteiger partial charge in [0, 0.05) is 25.8 Å². The first-order chi connectivity index (χ1) is 7.24. The van der Waals surface area contributed by atoms with Crippen LogP contribution in [-0.4, -0.2) is 25.8 Å². The van der Waals surface area contributed by atoms with Crippen LogP contribution < -0.4 is 5.32 Å². The minimum absolute atomic E-state index is 0.593. The smallest absolute Gasteiger partial charge is 0.0476 e. The van der Waals surface area contributed by atoms with E-state index < -0.39 is 0 Å². The Balaban J connectivity index is 2.27. The van der Waals surface area contributed by atoms with E-state index in [0.29, 0.717) is 6.04 Å². The first kappa shape index (κ1) is 13.0. The van der Waals surface area contributed by atoms with Crippen LogP contribution in [0.4, 0.5) is 0 Å². The van der Waals surface area contributed by atoms with Gasteiger partial charge in [-0.1, -0.05) is 26.2 Å². The Morgan fingerprint density at radius 3 is 2.73 bits per heavy atom. The van der Waals surface area contributed by atoms with E-state index in [4.69, 9.17) is 4.74 Å². The van der Waals surface area contributed by atoms with Gasteiger partial charge < -0.3 is 10.1 Å². The lowest BCUT2D eigenvalue weighted by Gasteiger charge is -2.26. The molecule has 90 valence electrons. The van der Waals surface area contributed by atoms with Crippen molar-refractivity contribution in [3.63, 3.8) is 0 Å². The normalized spacial score (nSPS) is 29.8. The number of hydrogen-bond donors (Lipinski definition) is 1. The average molecular weight is 213 g/mol. The maximum Gasteiger partial charge on any atom is 0.0476 e. The van der Waals surface area contributed by atoms with Crippen molar-refractivity contribution in [2.45, 2.75) is 64.5 Å². The van der Waals surface area contributed by atoms with E-state index in [1.807, 2.05) is 0 Å². The molecule has 0 bridgehead atoms. The molecule has 0 amide bonds. The summed E-state index contributed by atoms with van der Waals surface area (Å²) in [6, 6.07) is 1.33. The molecule has 1 aliphatic rings. The topological polar surface area (TPSA) is 21.3 Å². The molecule has 0 aromatic carbocycles. The highest BCUT2D eigenvalue weighted by atomic mass is 16.5. The maximum absolute atomic E-state index is 5.11. The second-order valence-electron chi connectivity index (χ2n) is 5.07. The molecule has 0 heterocycles. The predicted octanol–water partition coefficient (Wildman–Crippen LogP) is 2.97. The zero-order valence-corrected chi connectivity index (χ0v) is 10.6. The molecule has 15 heavy (non-hydrogen) atoms. The fourth-order valence-electron chi connectivity index (χ4n) is 2.48. The Morgan fingerprint density at radius 1 is 1.27 bits per heavy atom. The van der Waals surface area contributed by atoms with Crippen molar-refractivity contribution in [1.82, 2.24) is 5.32 Å². The number of methoxy groups -OCH3 is 1. The Morgan fingerprint density at radius 2 is 2.00 bits per heavy atom. The number of nitrogens with one attached hydrogen (secondary N) is 1. The summed E-state index contributed by atoms with van der Waals surface area (Å²) in [5, 5.41) is 3.76. The highest BCUT2D eigenvalue weighted by molar-refractivity contribution is 4.79. The molecule has 1 N–H and O–H groups in total. The van der Waals surface area contributed by atoms with Gasteiger partial charge in [0.05, 0.1) is 0 Å². The van der Waals surface area contributed by atoms with Crippen LogP contribution in [0.5, 0.6) is 0 Å². The first-order valence-electron chi connectivity index (χ1n) is 6.49. The van der Waals surface area contributed by atoms with Crippen molar-refractivity contribution >= 4 is 0 Å². The van der Waals surface area contributed by atoms with E-state index in [-0.39, 0.29) is 0 Å². The lowest BCUT2D eigenvalue weighted by molar-refractivity contribution is 0.179. The van der Waals surface area contributed by atoms with Gasteiger partial charge >= 0.3 is 0 Å². The highest BCUT2D eigenvalue weighted by Gasteiger charge is 2.20.